The summed E-state index contributed by atoms with van der Waals surface area (Å²) >= 11 is 5.44. The lowest BCUT2D eigenvalue weighted by atomic mass is 10.1. The lowest BCUT2D eigenvalue weighted by Crippen LogP contribution is -2.14. The second-order valence-electron chi connectivity index (χ2n) is 3.41. The molecule has 0 bridgehead atoms. The molecule has 1 heterocycles. The molecule has 0 saturated heterocycles. The van der Waals surface area contributed by atoms with E-state index in [1.165, 1.54) is 0 Å². The number of hydrogen-bond acceptors (Lipinski definition) is 3. The fraction of sp³-hybridized carbons (Fsp3) is 0.400. The van der Waals surface area contributed by atoms with Crippen LogP contribution in [-0.2, 0) is 22.1 Å². The van der Waals surface area contributed by atoms with Crippen molar-refractivity contribution in [1.29, 1.82) is 0 Å². The summed E-state index contributed by atoms with van der Waals surface area (Å²) in [5.41, 5.74) is -3.16. The van der Waals surface area contributed by atoms with E-state index in [1.807, 2.05) is 0 Å². The van der Waals surface area contributed by atoms with Crippen LogP contribution in [0.25, 0.3) is 0 Å². The van der Waals surface area contributed by atoms with Crippen LogP contribution in [0.2, 0.25) is 5.02 Å². The number of halogens is 6. The van der Waals surface area contributed by atoms with E-state index in [-0.39, 0.29) is 6.07 Å². The fourth-order valence-electron chi connectivity index (χ4n) is 1.25. The molecule has 0 radical (unpaired) electrons. The molecule has 0 atom stereocenters. The van der Waals surface area contributed by atoms with Gasteiger partial charge in [0, 0.05) is 0 Å². The topological polar surface area (TPSA) is 39.2 Å². The van der Waals surface area contributed by atoms with E-state index < -0.39 is 47.0 Å². The molecule has 0 fully saturated rings. The molecule has 0 aliphatic rings. The smallest absolute Gasteiger partial charge is 0.417 e. The molecule has 3 nitrogen and oxygen atoms in total. The van der Waals surface area contributed by atoms with E-state index in [0.717, 1.165) is 7.11 Å². The van der Waals surface area contributed by atoms with E-state index in [9.17, 15) is 26.7 Å². The summed E-state index contributed by atoms with van der Waals surface area (Å²) in [5.74, 6) is -0.936. The van der Waals surface area contributed by atoms with Crippen molar-refractivity contribution in [3.63, 3.8) is 0 Å². The Morgan fingerprint density at radius 1 is 1.47 bits per heavy atom. The molecule has 0 unspecified atom stereocenters. The highest BCUT2D eigenvalue weighted by Crippen LogP contribution is 2.37. The maximum Gasteiger partial charge on any atom is 0.417 e. The highest BCUT2D eigenvalue weighted by molar-refractivity contribution is 6.32. The Morgan fingerprint density at radius 2 is 2.05 bits per heavy atom. The molecule has 19 heavy (non-hydrogen) atoms. The number of rotatable bonds is 3. The summed E-state index contributed by atoms with van der Waals surface area (Å²) in [5, 5.41) is -0.887. The predicted octanol–water partition coefficient (Wildman–Crippen LogP) is 3.41. The second kappa shape index (κ2) is 5.68. The summed E-state index contributed by atoms with van der Waals surface area (Å²) in [4.78, 5) is 14.2. The minimum absolute atomic E-state index is 0.160. The van der Waals surface area contributed by atoms with Crippen molar-refractivity contribution < 1.29 is 31.5 Å². The van der Waals surface area contributed by atoms with Gasteiger partial charge in [-0.05, 0) is 6.07 Å². The minimum Gasteiger partial charge on any atom is -0.469 e. The van der Waals surface area contributed by atoms with Gasteiger partial charge in [-0.3, -0.25) is 4.79 Å². The molecule has 1 aromatic heterocycles. The average Bonchev–Trinajstić information content (AvgIpc) is 2.29. The van der Waals surface area contributed by atoms with Gasteiger partial charge in [0.2, 0.25) is 0 Å². The Labute approximate surface area is 109 Å². The Balaban J connectivity index is 3.37. The van der Waals surface area contributed by atoms with Gasteiger partial charge in [-0.25, -0.2) is 13.8 Å². The number of pyridine rings is 1. The van der Waals surface area contributed by atoms with E-state index in [4.69, 9.17) is 11.6 Å². The first-order valence-electron chi connectivity index (χ1n) is 4.78. The van der Waals surface area contributed by atoms with Gasteiger partial charge >= 0.3 is 12.1 Å². The molecule has 0 spiro atoms. The van der Waals surface area contributed by atoms with Gasteiger partial charge in [0.25, 0.3) is 6.43 Å². The number of carbonyl (C=O) groups excluding carboxylic acids is 1. The average molecular weight is 304 g/mol. The van der Waals surface area contributed by atoms with Crippen LogP contribution >= 0.6 is 11.6 Å². The molecule has 0 aliphatic carbocycles. The van der Waals surface area contributed by atoms with Crippen molar-refractivity contribution in [2.24, 2.45) is 0 Å². The number of aromatic nitrogens is 1. The maximum absolute atomic E-state index is 12.6. The Kier molecular flexibility index (Phi) is 4.67. The van der Waals surface area contributed by atoms with Crippen LogP contribution in [0.1, 0.15) is 23.4 Å². The zero-order valence-corrected chi connectivity index (χ0v) is 10.1. The third kappa shape index (κ3) is 3.76. The Bertz CT molecular complexity index is 490. The largest absolute Gasteiger partial charge is 0.469 e. The number of esters is 1. The second-order valence-corrected chi connectivity index (χ2v) is 3.78. The maximum atomic E-state index is 12.6. The number of hydrogen-bond donors (Lipinski definition) is 0. The zero-order valence-electron chi connectivity index (χ0n) is 9.39. The van der Waals surface area contributed by atoms with Crippen LogP contribution < -0.4 is 0 Å². The van der Waals surface area contributed by atoms with Gasteiger partial charge in [-0.2, -0.15) is 13.2 Å². The van der Waals surface area contributed by atoms with E-state index >= 15 is 0 Å². The molecule has 0 aliphatic heterocycles. The zero-order chi connectivity index (χ0) is 14.8. The van der Waals surface area contributed by atoms with Gasteiger partial charge in [0.1, 0.15) is 5.69 Å². The third-order valence-corrected chi connectivity index (χ3v) is 2.54. The van der Waals surface area contributed by atoms with E-state index in [1.54, 1.807) is 0 Å². The van der Waals surface area contributed by atoms with Crippen molar-refractivity contribution in [1.82, 2.24) is 4.98 Å². The van der Waals surface area contributed by atoms with Gasteiger partial charge in [0.05, 0.1) is 29.8 Å². The van der Waals surface area contributed by atoms with Crippen LogP contribution in [0, 0.1) is 0 Å². The first kappa shape index (κ1) is 15.6. The summed E-state index contributed by atoms with van der Waals surface area (Å²) < 4.78 is 67.0. The lowest BCUT2D eigenvalue weighted by molar-refractivity contribution is -0.140. The number of ether oxygens (including phenoxy) is 1. The molecular weight excluding hydrogens is 297 g/mol. The quantitative estimate of drug-likeness (QED) is 0.634. The molecule has 0 N–H and O–H groups in total. The SMILES string of the molecule is COC(=O)Cc1nc(C(F)F)cc(C(F)(F)F)c1Cl. The minimum atomic E-state index is -4.92. The van der Waals surface area contributed by atoms with Crippen molar-refractivity contribution in [2.45, 2.75) is 19.0 Å². The van der Waals surface area contributed by atoms with Crippen LogP contribution in [0.4, 0.5) is 22.0 Å². The van der Waals surface area contributed by atoms with E-state index in [0.29, 0.717) is 0 Å². The highest BCUT2D eigenvalue weighted by atomic mass is 35.5. The molecule has 0 amide bonds. The normalized spacial score (nSPS) is 11.8. The third-order valence-electron chi connectivity index (χ3n) is 2.11. The number of alkyl halides is 5. The number of nitrogens with zero attached hydrogens (tertiary/aromatic N) is 1. The van der Waals surface area contributed by atoms with Crippen LogP contribution in [0.5, 0.6) is 0 Å². The van der Waals surface area contributed by atoms with Crippen molar-refractivity contribution in [3.8, 4) is 0 Å². The van der Waals surface area contributed by atoms with Crippen molar-refractivity contribution >= 4 is 17.6 Å². The van der Waals surface area contributed by atoms with Crippen molar-refractivity contribution in [3.05, 3.63) is 28.0 Å². The summed E-state index contributed by atoms with van der Waals surface area (Å²) in [6.07, 6.45) is -8.86. The molecule has 9 heteroatoms. The van der Waals surface area contributed by atoms with Crippen molar-refractivity contribution in [2.75, 3.05) is 7.11 Å². The first-order chi connectivity index (χ1) is 8.66. The fourth-order valence-corrected chi connectivity index (χ4v) is 1.52. The predicted molar refractivity (Wildman–Crippen MR) is 54.9 cm³/mol. The molecular formula is C10H7ClF5NO2. The molecule has 0 aromatic carbocycles. The Morgan fingerprint density at radius 3 is 2.47 bits per heavy atom. The van der Waals surface area contributed by atoms with Gasteiger partial charge < -0.3 is 4.74 Å². The molecule has 0 saturated carbocycles. The lowest BCUT2D eigenvalue weighted by Gasteiger charge is -2.13. The number of methoxy groups -OCH3 is 1. The monoisotopic (exact) mass is 303 g/mol. The standard InChI is InChI=1S/C10H7ClF5NO2/c1-19-7(18)3-5-8(11)4(10(14,15)16)2-6(17-5)9(12)13/h2,9H,3H2,1H3. The van der Waals surface area contributed by atoms with Gasteiger partial charge in [0.15, 0.2) is 0 Å². The van der Waals surface area contributed by atoms with Gasteiger partial charge in [-0.1, -0.05) is 11.6 Å². The summed E-state index contributed by atoms with van der Waals surface area (Å²) in [6, 6.07) is 0.160. The molecule has 106 valence electrons. The Hall–Kier alpha value is -1.44. The van der Waals surface area contributed by atoms with Crippen LogP contribution in [0.15, 0.2) is 6.07 Å². The molecule has 1 rings (SSSR count). The van der Waals surface area contributed by atoms with E-state index in [2.05, 4.69) is 9.72 Å². The van der Waals surface area contributed by atoms with Crippen LogP contribution in [-0.4, -0.2) is 18.1 Å². The molecule has 1 aromatic rings. The highest BCUT2D eigenvalue weighted by Gasteiger charge is 2.36. The van der Waals surface area contributed by atoms with Gasteiger partial charge in [-0.15, -0.1) is 0 Å². The summed E-state index contributed by atoms with van der Waals surface area (Å²) in [7, 11) is 0.998. The van der Waals surface area contributed by atoms with Crippen LogP contribution in [0.3, 0.4) is 0 Å². The summed E-state index contributed by atoms with van der Waals surface area (Å²) in [6.45, 7) is 0. The number of carbonyl (C=O) groups is 1. The first-order valence-corrected chi connectivity index (χ1v) is 5.16.